The number of pyridine rings is 1. The Morgan fingerprint density at radius 3 is 2.74 bits per heavy atom. The van der Waals surface area contributed by atoms with Gasteiger partial charge in [-0.2, -0.15) is 5.10 Å². The molecule has 1 aliphatic rings. The van der Waals surface area contributed by atoms with E-state index in [0.29, 0.717) is 18.0 Å². The first-order valence-corrected chi connectivity index (χ1v) is 9.11. The minimum Gasteiger partial charge on any atom is -0.493 e. The number of benzene rings is 1. The van der Waals surface area contributed by atoms with E-state index in [1.165, 1.54) is 0 Å². The van der Waals surface area contributed by atoms with Crippen LogP contribution in [0.15, 0.2) is 41.3 Å². The topological polar surface area (TPSA) is 67.5 Å². The number of methoxy groups -OCH3 is 2. The van der Waals surface area contributed by atoms with Gasteiger partial charge in [-0.25, -0.2) is 4.68 Å². The summed E-state index contributed by atoms with van der Waals surface area (Å²) in [7, 11) is 3.20. The summed E-state index contributed by atoms with van der Waals surface area (Å²) in [5.74, 6) is 1.30. The van der Waals surface area contributed by atoms with E-state index in [1.54, 1.807) is 30.9 Å². The first-order chi connectivity index (χ1) is 13.2. The van der Waals surface area contributed by atoms with Crippen molar-refractivity contribution in [3.8, 4) is 11.5 Å². The lowest BCUT2D eigenvalue weighted by Gasteiger charge is -2.22. The largest absolute Gasteiger partial charge is 0.493 e. The Morgan fingerprint density at radius 2 is 2.00 bits per heavy atom. The molecule has 0 bridgehead atoms. The van der Waals surface area contributed by atoms with Crippen LogP contribution in [-0.4, -0.2) is 35.2 Å². The van der Waals surface area contributed by atoms with Crippen LogP contribution in [0.3, 0.4) is 0 Å². The van der Waals surface area contributed by atoms with E-state index in [1.807, 2.05) is 29.1 Å². The van der Waals surface area contributed by atoms with Gasteiger partial charge in [0.2, 0.25) is 0 Å². The number of fused-ring (bicyclic) bond motifs is 1. The molecule has 1 fully saturated rings. The second-order valence-corrected chi connectivity index (χ2v) is 6.65. The smallest absolute Gasteiger partial charge is 0.251 e. The molecule has 142 valence electrons. The summed E-state index contributed by atoms with van der Waals surface area (Å²) in [5, 5.41) is 4.63. The van der Waals surface area contributed by atoms with Gasteiger partial charge < -0.3 is 18.8 Å². The van der Waals surface area contributed by atoms with E-state index < -0.39 is 0 Å². The average Bonchev–Trinajstić information content (AvgIpc) is 3.15. The van der Waals surface area contributed by atoms with Crippen LogP contribution < -0.4 is 15.0 Å². The van der Waals surface area contributed by atoms with Gasteiger partial charge in [0.05, 0.1) is 32.5 Å². The normalized spacial score (nSPS) is 17.2. The predicted molar refractivity (Wildman–Crippen MR) is 101 cm³/mol. The van der Waals surface area contributed by atoms with Crippen molar-refractivity contribution in [2.75, 3.05) is 20.8 Å². The molecule has 0 saturated carbocycles. The van der Waals surface area contributed by atoms with Crippen LogP contribution in [0.4, 0.5) is 0 Å². The van der Waals surface area contributed by atoms with E-state index >= 15 is 0 Å². The first kappa shape index (κ1) is 17.6. The van der Waals surface area contributed by atoms with Gasteiger partial charge in [0.1, 0.15) is 11.7 Å². The highest BCUT2D eigenvalue weighted by Gasteiger charge is 2.18. The van der Waals surface area contributed by atoms with E-state index in [9.17, 15) is 4.79 Å². The molecule has 3 aromatic rings. The maximum atomic E-state index is 12.5. The summed E-state index contributed by atoms with van der Waals surface area (Å²) >= 11 is 0. The Labute approximate surface area is 157 Å². The van der Waals surface area contributed by atoms with Crippen LogP contribution in [0.2, 0.25) is 0 Å². The van der Waals surface area contributed by atoms with Crippen molar-refractivity contribution in [1.29, 1.82) is 0 Å². The fraction of sp³-hybridized carbons (Fsp3) is 0.400. The number of hydrogen-bond acceptors (Lipinski definition) is 5. The molecule has 0 N–H and O–H groups in total. The molecular formula is C20H23N3O4. The lowest BCUT2D eigenvalue weighted by Crippen LogP contribution is -2.19. The van der Waals surface area contributed by atoms with E-state index in [0.717, 1.165) is 42.5 Å². The monoisotopic (exact) mass is 369 g/mol. The summed E-state index contributed by atoms with van der Waals surface area (Å²) in [6, 6.07) is 8.99. The molecule has 2 aromatic heterocycles. The second kappa shape index (κ2) is 7.44. The molecule has 4 rings (SSSR count). The molecule has 1 aromatic carbocycles. The van der Waals surface area contributed by atoms with Crippen molar-refractivity contribution in [3.63, 3.8) is 0 Å². The van der Waals surface area contributed by atoms with Crippen molar-refractivity contribution in [3.05, 3.63) is 52.4 Å². The van der Waals surface area contributed by atoms with Gasteiger partial charge in [0.25, 0.3) is 5.56 Å². The van der Waals surface area contributed by atoms with Crippen molar-refractivity contribution < 1.29 is 14.2 Å². The summed E-state index contributed by atoms with van der Waals surface area (Å²) in [6.07, 6.45) is 5.00. The number of hydrogen-bond donors (Lipinski definition) is 0. The van der Waals surface area contributed by atoms with Crippen molar-refractivity contribution in [2.24, 2.45) is 0 Å². The van der Waals surface area contributed by atoms with E-state index in [-0.39, 0.29) is 11.8 Å². The molecule has 1 atom stereocenters. The molecule has 0 amide bonds. The van der Waals surface area contributed by atoms with Crippen LogP contribution in [0, 0.1) is 0 Å². The van der Waals surface area contributed by atoms with Gasteiger partial charge in [-0.3, -0.25) is 4.79 Å². The van der Waals surface area contributed by atoms with E-state index in [2.05, 4.69) is 5.10 Å². The highest BCUT2D eigenvalue weighted by atomic mass is 16.5. The third-order valence-corrected chi connectivity index (χ3v) is 4.92. The number of ether oxygens (including phenoxy) is 3. The molecule has 1 unspecified atom stereocenters. The van der Waals surface area contributed by atoms with Gasteiger partial charge in [-0.05, 0) is 43.0 Å². The molecule has 0 aliphatic carbocycles. The number of aromatic nitrogens is 3. The summed E-state index contributed by atoms with van der Waals surface area (Å²) in [6.45, 7) is 1.17. The molecule has 7 heteroatoms. The Balaban J connectivity index is 1.71. The van der Waals surface area contributed by atoms with Gasteiger partial charge in [0, 0.05) is 12.7 Å². The van der Waals surface area contributed by atoms with Crippen molar-refractivity contribution in [2.45, 2.75) is 32.0 Å². The maximum absolute atomic E-state index is 12.5. The molecule has 27 heavy (non-hydrogen) atoms. The predicted octanol–water partition coefficient (Wildman–Crippen LogP) is 2.96. The Morgan fingerprint density at radius 1 is 1.15 bits per heavy atom. The fourth-order valence-corrected chi connectivity index (χ4v) is 3.49. The number of rotatable bonds is 5. The summed E-state index contributed by atoms with van der Waals surface area (Å²) in [5.41, 5.74) is 2.46. The zero-order valence-electron chi connectivity index (χ0n) is 15.6. The lowest BCUT2D eigenvalue weighted by molar-refractivity contribution is -0.0391. The molecule has 1 aliphatic heterocycles. The van der Waals surface area contributed by atoms with Crippen LogP contribution >= 0.6 is 0 Å². The fourth-order valence-electron chi connectivity index (χ4n) is 3.49. The van der Waals surface area contributed by atoms with Gasteiger partial charge >= 0.3 is 0 Å². The minimum atomic E-state index is -0.0682. The van der Waals surface area contributed by atoms with Crippen LogP contribution in [0.25, 0.3) is 11.0 Å². The zero-order chi connectivity index (χ0) is 18.8. The van der Waals surface area contributed by atoms with Crippen LogP contribution in [0.5, 0.6) is 11.5 Å². The SMILES string of the molecule is COc1ccc(Cn2c(=O)ccc3nn(C4CCCCO4)cc32)cc1OC. The Bertz CT molecular complexity index is 1000. The Kier molecular flexibility index (Phi) is 4.85. The quantitative estimate of drug-likeness (QED) is 0.692. The van der Waals surface area contributed by atoms with E-state index in [4.69, 9.17) is 14.2 Å². The van der Waals surface area contributed by atoms with Crippen LogP contribution in [0.1, 0.15) is 31.1 Å². The second-order valence-electron chi connectivity index (χ2n) is 6.65. The Hall–Kier alpha value is -2.80. The molecule has 3 heterocycles. The van der Waals surface area contributed by atoms with Crippen LogP contribution in [-0.2, 0) is 11.3 Å². The van der Waals surface area contributed by atoms with Gasteiger partial charge in [-0.1, -0.05) is 6.07 Å². The third-order valence-electron chi connectivity index (χ3n) is 4.92. The molecule has 0 radical (unpaired) electrons. The highest BCUT2D eigenvalue weighted by Crippen LogP contribution is 2.28. The molecule has 7 nitrogen and oxygen atoms in total. The minimum absolute atomic E-state index is 0.0595. The first-order valence-electron chi connectivity index (χ1n) is 9.11. The highest BCUT2D eigenvalue weighted by molar-refractivity contribution is 5.74. The maximum Gasteiger partial charge on any atom is 0.251 e. The van der Waals surface area contributed by atoms with Crippen molar-refractivity contribution in [1.82, 2.24) is 14.3 Å². The van der Waals surface area contributed by atoms with Gasteiger partial charge in [0.15, 0.2) is 11.5 Å². The number of nitrogens with zero attached hydrogens (tertiary/aromatic N) is 3. The average molecular weight is 369 g/mol. The third kappa shape index (κ3) is 3.42. The summed E-state index contributed by atoms with van der Waals surface area (Å²) in [4.78, 5) is 12.5. The molecule has 1 saturated heterocycles. The van der Waals surface area contributed by atoms with Gasteiger partial charge in [-0.15, -0.1) is 0 Å². The molecular weight excluding hydrogens is 346 g/mol. The summed E-state index contributed by atoms with van der Waals surface area (Å²) < 4.78 is 20.0. The zero-order valence-corrected chi connectivity index (χ0v) is 15.6. The van der Waals surface area contributed by atoms with Crippen molar-refractivity contribution >= 4 is 11.0 Å². The lowest BCUT2D eigenvalue weighted by atomic mass is 10.2. The molecule has 0 spiro atoms. The standard InChI is InChI=1S/C20H23N3O4/c1-25-17-8-6-14(11-18(17)26-2)12-22-16-13-23(20-5-3-4-10-27-20)21-15(16)7-9-19(22)24/h6-9,11,13,20H,3-5,10,12H2,1-2H3.